The van der Waals surface area contributed by atoms with Crippen LogP contribution in [0.3, 0.4) is 0 Å². The monoisotopic (exact) mass is 194 g/mol. The minimum absolute atomic E-state index is 0.229. The average Bonchev–Trinajstić information content (AvgIpc) is 2.19. The minimum atomic E-state index is 0.229. The number of hydrogen-bond acceptors (Lipinski definition) is 2. The van der Waals surface area contributed by atoms with E-state index in [-0.39, 0.29) is 5.75 Å². The SMILES string of the molecule is CCCCc1ccc(O)c(OCC)c1. The van der Waals surface area contributed by atoms with E-state index in [1.165, 1.54) is 18.4 Å². The summed E-state index contributed by atoms with van der Waals surface area (Å²) < 4.78 is 5.31. The van der Waals surface area contributed by atoms with Gasteiger partial charge in [0, 0.05) is 0 Å². The predicted molar refractivity (Wildman–Crippen MR) is 57.9 cm³/mol. The van der Waals surface area contributed by atoms with Gasteiger partial charge in [0.1, 0.15) is 0 Å². The summed E-state index contributed by atoms with van der Waals surface area (Å²) in [5.74, 6) is 0.827. The van der Waals surface area contributed by atoms with Crippen LogP contribution in [0.2, 0.25) is 0 Å². The number of aromatic hydroxyl groups is 1. The number of aryl methyl sites for hydroxylation is 1. The van der Waals surface area contributed by atoms with Crippen LogP contribution in [0.15, 0.2) is 18.2 Å². The lowest BCUT2D eigenvalue weighted by Gasteiger charge is -2.07. The molecule has 0 fully saturated rings. The number of phenolic OH excluding ortho intramolecular Hbond substituents is 1. The fraction of sp³-hybridized carbons (Fsp3) is 0.500. The number of unbranched alkanes of at least 4 members (excludes halogenated alkanes) is 1. The van der Waals surface area contributed by atoms with Crippen LogP contribution in [-0.4, -0.2) is 11.7 Å². The third kappa shape index (κ3) is 2.95. The third-order valence-corrected chi connectivity index (χ3v) is 2.14. The highest BCUT2D eigenvalue weighted by molar-refractivity contribution is 5.41. The van der Waals surface area contributed by atoms with E-state index >= 15 is 0 Å². The highest BCUT2D eigenvalue weighted by Crippen LogP contribution is 2.27. The number of hydrogen-bond donors (Lipinski definition) is 1. The fourth-order valence-electron chi connectivity index (χ4n) is 1.37. The maximum absolute atomic E-state index is 9.47. The van der Waals surface area contributed by atoms with Gasteiger partial charge in [-0.1, -0.05) is 19.4 Å². The normalized spacial score (nSPS) is 10.1. The molecule has 0 atom stereocenters. The first-order valence-corrected chi connectivity index (χ1v) is 5.22. The molecule has 0 aromatic heterocycles. The molecule has 0 radical (unpaired) electrons. The summed E-state index contributed by atoms with van der Waals surface area (Å²) in [5, 5.41) is 9.47. The van der Waals surface area contributed by atoms with E-state index in [0.29, 0.717) is 12.4 Å². The van der Waals surface area contributed by atoms with Crippen molar-refractivity contribution in [2.75, 3.05) is 6.61 Å². The summed E-state index contributed by atoms with van der Waals surface area (Å²) in [6.45, 7) is 4.67. The van der Waals surface area contributed by atoms with Crippen molar-refractivity contribution in [3.05, 3.63) is 23.8 Å². The molecule has 0 saturated carbocycles. The van der Waals surface area contributed by atoms with E-state index in [9.17, 15) is 5.11 Å². The second-order valence-corrected chi connectivity index (χ2v) is 3.34. The largest absolute Gasteiger partial charge is 0.504 e. The number of phenols is 1. The Morgan fingerprint density at radius 3 is 2.71 bits per heavy atom. The van der Waals surface area contributed by atoms with Crippen molar-refractivity contribution in [1.82, 2.24) is 0 Å². The maximum Gasteiger partial charge on any atom is 0.161 e. The van der Waals surface area contributed by atoms with E-state index < -0.39 is 0 Å². The zero-order valence-electron chi connectivity index (χ0n) is 8.92. The van der Waals surface area contributed by atoms with Crippen LogP contribution < -0.4 is 4.74 Å². The van der Waals surface area contributed by atoms with Gasteiger partial charge in [0.05, 0.1) is 6.61 Å². The molecule has 2 nitrogen and oxygen atoms in total. The topological polar surface area (TPSA) is 29.5 Å². The molecule has 0 amide bonds. The molecule has 14 heavy (non-hydrogen) atoms. The predicted octanol–water partition coefficient (Wildman–Crippen LogP) is 3.13. The molecule has 1 aromatic rings. The maximum atomic E-state index is 9.47. The Bertz CT molecular complexity index is 282. The van der Waals surface area contributed by atoms with E-state index in [0.717, 1.165) is 6.42 Å². The molecule has 0 unspecified atom stereocenters. The van der Waals surface area contributed by atoms with Gasteiger partial charge in [-0.25, -0.2) is 0 Å². The molecule has 78 valence electrons. The van der Waals surface area contributed by atoms with Crippen molar-refractivity contribution < 1.29 is 9.84 Å². The van der Waals surface area contributed by atoms with Crippen LogP contribution in [0.1, 0.15) is 32.3 Å². The molecular formula is C12H18O2. The van der Waals surface area contributed by atoms with Crippen LogP contribution in [0, 0.1) is 0 Å². The van der Waals surface area contributed by atoms with E-state index in [1.807, 2.05) is 19.1 Å². The zero-order valence-corrected chi connectivity index (χ0v) is 8.92. The van der Waals surface area contributed by atoms with Gasteiger partial charge < -0.3 is 9.84 Å². The molecular weight excluding hydrogens is 176 g/mol. The van der Waals surface area contributed by atoms with Gasteiger partial charge in [0.25, 0.3) is 0 Å². The van der Waals surface area contributed by atoms with Crippen LogP contribution >= 0.6 is 0 Å². The quantitative estimate of drug-likeness (QED) is 0.780. The Balaban J connectivity index is 2.72. The van der Waals surface area contributed by atoms with E-state index in [2.05, 4.69) is 6.92 Å². The lowest BCUT2D eigenvalue weighted by atomic mass is 10.1. The molecule has 0 saturated heterocycles. The van der Waals surface area contributed by atoms with Crippen LogP contribution in [0.25, 0.3) is 0 Å². The second kappa shape index (κ2) is 5.53. The first-order chi connectivity index (χ1) is 6.77. The first-order valence-electron chi connectivity index (χ1n) is 5.22. The highest BCUT2D eigenvalue weighted by atomic mass is 16.5. The molecule has 0 spiro atoms. The van der Waals surface area contributed by atoms with Gasteiger partial charge in [0.15, 0.2) is 11.5 Å². The molecule has 0 aliphatic carbocycles. The summed E-state index contributed by atoms with van der Waals surface area (Å²) in [7, 11) is 0. The summed E-state index contributed by atoms with van der Waals surface area (Å²) in [4.78, 5) is 0. The first kappa shape index (κ1) is 10.9. The summed E-state index contributed by atoms with van der Waals surface area (Å²) in [5.41, 5.74) is 1.23. The fourth-order valence-corrected chi connectivity index (χ4v) is 1.37. The highest BCUT2D eigenvalue weighted by Gasteiger charge is 2.02. The molecule has 1 N–H and O–H groups in total. The molecule has 0 bridgehead atoms. The van der Waals surface area contributed by atoms with Gasteiger partial charge in [0.2, 0.25) is 0 Å². The van der Waals surface area contributed by atoms with Gasteiger partial charge in [-0.3, -0.25) is 0 Å². The van der Waals surface area contributed by atoms with Crippen molar-refractivity contribution in [2.45, 2.75) is 33.1 Å². The lowest BCUT2D eigenvalue weighted by Crippen LogP contribution is -1.93. The molecule has 2 heteroatoms. The Hall–Kier alpha value is -1.18. The third-order valence-electron chi connectivity index (χ3n) is 2.14. The van der Waals surface area contributed by atoms with Crippen LogP contribution in [0.4, 0.5) is 0 Å². The molecule has 0 heterocycles. The Morgan fingerprint density at radius 1 is 1.29 bits per heavy atom. The van der Waals surface area contributed by atoms with Crippen molar-refractivity contribution in [3.8, 4) is 11.5 Å². The lowest BCUT2D eigenvalue weighted by molar-refractivity contribution is 0.317. The average molecular weight is 194 g/mol. The number of rotatable bonds is 5. The van der Waals surface area contributed by atoms with Crippen molar-refractivity contribution in [3.63, 3.8) is 0 Å². The summed E-state index contributed by atoms with van der Waals surface area (Å²) in [6, 6.07) is 5.58. The number of benzene rings is 1. The minimum Gasteiger partial charge on any atom is -0.504 e. The summed E-state index contributed by atoms with van der Waals surface area (Å²) >= 11 is 0. The van der Waals surface area contributed by atoms with Crippen molar-refractivity contribution in [1.29, 1.82) is 0 Å². The van der Waals surface area contributed by atoms with Crippen LogP contribution in [0.5, 0.6) is 11.5 Å². The standard InChI is InChI=1S/C12H18O2/c1-3-5-6-10-7-8-11(13)12(9-10)14-4-2/h7-9,13H,3-6H2,1-2H3. The molecule has 0 aliphatic heterocycles. The molecule has 1 aromatic carbocycles. The summed E-state index contributed by atoms with van der Waals surface area (Å²) in [6.07, 6.45) is 3.41. The van der Waals surface area contributed by atoms with Crippen molar-refractivity contribution >= 4 is 0 Å². The van der Waals surface area contributed by atoms with Gasteiger partial charge >= 0.3 is 0 Å². The Kier molecular flexibility index (Phi) is 4.30. The van der Waals surface area contributed by atoms with Gasteiger partial charge in [-0.2, -0.15) is 0 Å². The molecule has 0 aliphatic rings. The Labute approximate surface area is 85.5 Å². The molecule has 1 rings (SSSR count). The van der Waals surface area contributed by atoms with Gasteiger partial charge in [-0.05, 0) is 37.5 Å². The number of ether oxygens (including phenoxy) is 1. The zero-order chi connectivity index (χ0) is 10.4. The van der Waals surface area contributed by atoms with E-state index in [4.69, 9.17) is 4.74 Å². The van der Waals surface area contributed by atoms with Crippen LogP contribution in [-0.2, 0) is 6.42 Å². The second-order valence-electron chi connectivity index (χ2n) is 3.34. The smallest absolute Gasteiger partial charge is 0.161 e. The van der Waals surface area contributed by atoms with E-state index in [1.54, 1.807) is 6.07 Å². The Morgan fingerprint density at radius 2 is 2.07 bits per heavy atom. The van der Waals surface area contributed by atoms with Gasteiger partial charge in [-0.15, -0.1) is 0 Å². The van der Waals surface area contributed by atoms with Crippen molar-refractivity contribution in [2.24, 2.45) is 0 Å².